The van der Waals surface area contributed by atoms with E-state index in [0.29, 0.717) is 0 Å². The molecule has 6 atom stereocenters. The maximum absolute atomic E-state index is 12.5. The Kier molecular flexibility index (Phi) is 10.7. The van der Waals surface area contributed by atoms with Crippen LogP contribution in [0.3, 0.4) is 0 Å². The molecule has 0 bridgehead atoms. The Morgan fingerprint density at radius 1 is 1.23 bits per heavy atom. The van der Waals surface area contributed by atoms with Gasteiger partial charge in [-0.05, 0) is 22.4 Å². The number of carbonyl (C=O) groups excluding carboxylic acids is 1. The minimum absolute atomic E-state index is 0.0366. The molecule has 0 radical (unpaired) electrons. The number of aromatic amines is 1. The van der Waals surface area contributed by atoms with E-state index in [0.717, 1.165) is 5.56 Å². The van der Waals surface area contributed by atoms with Gasteiger partial charge in [-0.1, -0.05) is 12.2 Å². The number of aromatic nitrogens is 4. The number of H-pyrrole nitrogens is 1. The van der Waals surface area contributed by atoms with E-state index < -0.39 is 67.1 Å². The molecule has 0 aliphatic carbocycles. The van der Waals surface area contributed by atoms with Crippen LogP contribution in [-0.2, 0) is 52.4 Å². The van der Waals surface area contributed by atoms with Crippen LogP contribution in [0.15, 0.2) is 23.2 Å². The molecule has 20 nitrogen and oxygen atoms in total. The van der Waals surface area contributed by atoms with E-state index in [2.05, 4.69) is 28.9 Å². The second-order valence-corrected chi connectivity index (χ2v) is 14.2. The van der Waals surface area contributed by atoms with Gasteiger partial charge in [-0.25, -0.2) is 23.7 Å². The number of fused-ring (bicyclic) bond motifs is 1. The van der Waals surface area contributed by atoms with Crippen molar-refractivity contribution in [3.8, 4) is 0 Å². The van der Waals surface area contributed by atoms with Crippen LogP contribution >= 0.6 is 47.0 Å². The molecule has 6 unspecified atom stereocenters. The number of nitrogen functional groups attached to an aromatic ring is 1. The molecule has 8 N–H and O–H groups in total. The number of hydrogen-bond donors (Lipinski definition) is 7. The lowest BCUT2D eigenvalue weighted by molar-refractivity contribution is -0.132. The van der Waals surface area contributed by atoms with Gasteiger partial charge < -0.3 is 49.8 Å². The largest absolute Gasteiger partial charge is 0.490 e. The van der Waals surface area contributed by atoms with E-state index in [1.54, 1.807) is 0 Å². The molecule has 4 rings (SSSR count). The zero-order valence-electron chi connectivity index (χ0n) is 21.7. The molecule has 3 aromatic rings. The van der Waals surface area contributed by atoms with Crippen LogP contribution in [0.5, 0.6) is 0 Å². The second kappa shape index (κ2) is 13.6. The maximum atomic E-state index is 12.5. The number of nitrogens with zero attached hydrogens (tertiary/aromatic N) is 3. The molecule has 1 aliphatic heterocycles. The van der Waals surface area contributed by atoms with Crippen LogP contribution in [0.1, 0.15) is 11.8 Å². The van der Waals surface area contributed by atoms with Gasteiger partial charge in [0.2, 0.25) is 5.91 Å². The minimum atomic E-state index is -5.77. The summed E-state index contributed by atoms with van der Waals surface area (Å²) in [6.45, 7) is -1.16. The molecule has 3 aromatic heterocycles. The average Bonchev–Trinajstić information content (AvgIpc) is 3.61. The molecule has 1 saturated heterocycles. The van der Waals surface area contributed by atoms with Crippen molar-refractivity contribution in [1.29, 1.82) is 0 Å². The number of methoxy groups -OCH3 is 1. The predicted octanol–water partition coefficient (Wildman–Crippen LogP) is 1.09. The molecular formula is C18H25N6O14P3S2. The third-order valence-corrected chi connectivity index (χ3v) is 10.4. The third-order valence-electron chi connectivity index (χ3n) is 5.59. The number of phosphoric acid groups is 3. The van der Waals surface area contributed by atoms with Gasteiger partial charge in [0.25, 0.3) is 0 Å². The Labute approximate surface area is 250 Å². The van der Waals surface area contributed by atoms with Gasteiger partial charge in [0.1, 0.15) is 36.1 Å². The quantitative estimate of drug-likeness (QED) is 0.0912. The lowest BCUT2D eigenvalue weighted by Crippen LogP contribution is -2.40. The van der Waals surface area contributed by atoms with Crippen LogP contribution in [-0.4, -0.2) is 83.6 Å². The molecule has 0 spiro atoms. The summed E-state index contributed by atoms with van der Waals surface area (Å²) in [5.74, 6) is -0.558. The molecule has 1 aliphatic rings. The fraction of sp³-hybridized carbons (Fsp3) is 0.444. The van der Waals surface area contributed by atoms with Gasteiger partial charge in [-0.2, -0.15) is 20.0 Å². The number of carbonyl (C=O) groups is 1. The number of rotatable bonds is 14. The summed E-state index contributed by atoms with van der Waals surface area (Å²) in [6.07, 6.45) is -3.31. The monoisotopic (exact) mass is 706 g/mol. The molecule has 25 heteroatoms. The third kappa shape index (κ3) is 9.04. The molecular weight excluding hydrogens is 681 g/mol. The summed E-state index contributed by atoms with van der Waals surface area (Å²) in [5.41, 5.74) is 7.18. The van der Waals surface area contributed by atoms with Crippen LogP contribution in [0.4, 0.5) is 5.95 Å². The van der Waals surface area contributed by atoms with Crippen LogP contribution in [0.2, 0.25) is 0 Å². The van der Waals surface area contributed by atoms with Crippen LogP contribution in [0, 0.1) is 4.64 Å². The normalized spacial score (nSPS) is 23.7. The summed E-state index contributed by atoms with van der Waals surface area (Å²) in [6, 6.07) is 1.82. The van der Waals surface area contributed by atoms with Crippen molar-refractivity contribution in [2.45, 2.75) is 31.1 Å². The molecule has 0 saturated carbocycles. The molecule has 1 amide bonds. The van der Waals surface area contributed by atoms with Crippen LogP contribution < -0.4 is 11.1 Å². The van der Waals surface area contributed by atoms with Crippen molar-refractivity contribution in [2.24, 2.45) is 0 Å². The maximum Gasteiger partial charge on any atom is 0.490 e. The first-order chi connectivity index (χ1) is 20.1. The number of thiophene rings is 1. The van der Waals surface area contributed by atoms with Crippen LogP contribution in [0.25, 0.3) is 11.2 Å². The van der Waals surface area contributed by atoms with E-state index in [1.807, 2.05) is 16.8 Å². The van der Waals surface area contributed by atoms with Gasteiger partial charge in [0, 0.05) is 13.7 Å². The van der Waals surface area contributed by atoms with E-state index in [-0.39, 0.29) is 28.3 Å². The molecule has 1 fully saturated rings. The summed E-state index contributed by atoms with van der Waals surface area (Å²) >= 11 is 6.65. The molecule has 43 heavy (non-hydrogen) atoms. The van der Waals surface area contributed by atoms with Gasteiger partial charge >= 0.3 is 23.5 Å². The Morgan fingerprint density at radius 2 is 1.98 bits per heavy atom. The second-order valence-electron chi connectivity index (χ2n) is 8.61. The summed E-state index contributed by atoms with van der Waals surface area (Å²) in [5, 5.41) is 6.36. The highest BCUT2D eigenvalue weighted by Crippen LogP contribution is 2.66. The van der Waals surface area contributed by atoms with Crippen molar-refractivity contribution in [1.82, 2.24) is 24.8 Å². The number of imidazole rings is 1. The van der Waals surface area contributed by atoms with Gasteiger partial charge in [-0.3, -0.25) is 13.9 Å². The minimum Gasteiger partial charge on any atom is -0.374 e. The van der Waals surface area contributed by atoms with Crippen molar-refractivity contribution < 1.29 is 65.4 Å². The first kappa shape index (κ1) is 33.9. The fourth-order valence-corrected chi connectivity index (χ4v) is 7.90. The molecule has 4 heterocycles. The standard InChI is InChI=1S/C18H25N6O14P3S2/c1-33-14-13(34-6-11(25)20-4-9-2-3-43-7-9)10(5-35-40(29,30)38-41(31,32)37-39(26,27)28)36-17(14)24-8-21-12-15(24)22-18(19)23-16(12)42/h2-3,7-8,10,13-14,17H,4-6H2,1H3,(H,20,25)(H,29,30)(H,31,32)(H2,26,27,28)(H3,19,22,23,42). The van der Waals surface area contributed by atoms with Gasteiger partial charge in [0.05, 0.1) is 12.9 Å². The Hall–Kier alpha value is -1.97. The van der Waals surface area contributed by atoms with E-state index in [4.69, 9.17) is 46.5 Å². The number of anilines is 1. The Bertz CT molecular complexity index is 1650. The lowest BCUT2D eigenvalue weighted by Gasteiger charge is -2.24. The van der Waals surface area contributed by atoms with Crippen molar-refractivity contribution in [2.75, 3.05) is 26.1 Å². The van der Waals surface area contributed by atoms with E-state index >= 15 is 0 Å². The average molecular weight is 706 g/mol. The molecule has 0 aromatic carbocycles. The van der Waals surface area contributed by atoms with Gasteiger partial charge in [0.15, 0.2) is 16.8 Å². The lowest BCUT2D eigenvalue weighted by atomic mass is 10.1. The number of amides is 1. The summed E-state index contributed by atoms with van der Waals surface area (Å²) in [7, 11) is -15.6. The SMILES string of the molecule is COC1C(OCC(=O)NCc2ccsc2)C(COP(=O)(O)OP(=O)(O)OP(=O)(O)O)OC1n1cnc2c(=S)nc(N)[nH]c21. The summed E-state index contributed by atoms with van der Waals surface area (Å²) in [4.78, 5) is 60.3. The zero-order valence-corrected chi connectivity index (χ0v) is 26.0. The number of nitrogens with two attached hydrogens (primary N) is 1. The summed E-state index contributed by atoms with van der Waals surface area (Å²) < 4.78 is 66.1. The van der Waals surface area contributed by atoms with E-state index in [1.165, 1.54) is 29.3 Å². The van der Waals surface area contributed by atoms with Crippen molar-refractivity contribution >= 4 is 70.0 Å². The Balaban J connectivity index is 1.54. The first-order valence-electron chi connectivity index (χ1n) is 11.7. The predicted molar refractivity (Wildman–Crippen MR) is 148 cm³/mol. The zero-order chi connectivity index (χ0) is 31.6. The number of ether oxygens (including phenoxy) is 3. The topological polar surface area (TPSA) is 289 Å². The Morgan fingerprint density at radius 3 is 2.63 bits per heavy atom. The smallest absolute Gasteiger partial charge is 0.374 e. The highest BCUT2D eigenvalue weighted by molar-refractivity contribution is 7.71. The number of nitrogens with one attached hydrogen (secondary N) is 2. The number of hydrogen-bond acceptors (Lipinski definition) is 15. The van der Waals surface area contributed by atoms with Gasteiger partial charge in [-0.15, -0.1) is 0 Å². The highest BCUT2D eigenvalue weighted by atomic mass is 32.1. The van der Waals surface area contributed by atoms with Crippen molar-refractivity contribution in [3.63, 3.8) is 0 Å². The van der Waals surface area contributed by atoms with Crippen molar-refractivity contribution in [3.05, 3.63) is 33.4 Å². The first-order valence-corrected chi connectivity index (χ1v) is 17.5. The fourth-order valence-electron chi connectivity index (χ4n) is 3.95. The number of phosphoric ester groups is 1. The molecule has 238 valence electrons. The highest BCUT2D eigenvalue weighted by Gasteiger charge is 2.49. The van der Waals surface area contributed by atoms with E-state index in [9.17, 15) is 28.3 Å².